The molecule has 1 aliphatic rings. The number of nitrogens with one attached hydrogen (secondary N) is 3. The third-order valence-electron chi connectivity index (χ3n) is 5.24. The summed E-state index contributed by atoms with van der Waals surface area (Å²) < 4.78 is 0. The van der Waals surface area contributed by atoms with Crippen LogP contribution in [0.2, 0.25) is 0 Å². The van der Waals surface area contributed by atoms with E-state index in [4.69, 9.17) is 5.21 Å². The van der Waals surface area contributed by atoms with E-state index in [2.05, 4.69) is 52.9 Å². The van der Waals surface area contributed by atoms with Crippen molar-refractivity contribution in [3.8, 4) is 0 Å². The van der Waals surface area contributed by atoms with Gasteiger partial charge in [-0.1, -0.05) is 36.4 Å². The molecule has 0 unspecified atom stereocenters. The Morgan fingerprint density at radius 2 is 2.15 bits per heavy atom. The molecule has 0 bridgehead atoms. The minimum Gasteiger partial charge on any atom is -0.361 e. The highest BCUT2D eigenvalue weighted by Crippen LogP contribution is 2.32. The van der Waals surface area contributed by atoms with Gasteiger partial charge in [0.1, 0.15) is 0 Å². The predicted octanol–water partition coefficient (Wildman–Crippen LogP) is 3.51. The number of carbonyl (C=O) groups is 1. The van der Waals surface area contributed by atoms with E-state index in [1.54, 1.807) is 11.6 Å². The molecule has 2 aromatic carbocycles. The van der Waals surface area contributed by atoms with Gasteiger partial charge in [-0.2, -0.15) is 0 Å². The molecule has 1 heterocycles. The van der Waals surface area contributed by atoms with Crippen molar-refractivity contribution in [3.63, 3.8) is 0 Å². The second kappa shape index (κ2) is 7.78. The maximum Gasteiger partial charge on any atom is 0.267 e. The van der Waals surface area contributed by atoms with Gasteiger partial charge in [-0.15, -0.1) is 0 Å². The standard InChI is InChI=1S/C22H23N3O2/c26-22(25-27)10-6-15-5-8-19-16(13-15)7-9-21(19)23-12-11-17-14-24-20-4-2-1-3-18(17)20/h1-6,8,10,13-14,21,23-24,27H,7,9,11-12H2,(H,25,26)/t21-/m1/s1. The molecule has 4 rings (SSSR count). The average molecular weight is 361 g/mol. The molecule has 1 amide bonds. The molecule has 1 aromatic heterocycles. The van der Waals surface area contributed by atoms with Gasteiger partial charge < -0.3 is 10.3 Å². The zero-order valence-corrected chi connectivity index (χ0v) is 15.0. The van der Waals surface area contributed by atoms with Crippen molar-refractivity contribution in [2.75, 3.05) is 6.54 Å². The van der Waals surface area contributed by atoms with Crippen molar-refractivity contribution in [2.45, 2.75) is 25.3 Å². The number of para-hydroxylation sites is 1. The lowest BCUT2D eigenvalue weighted by Crippen LogP contribution is -2.21. The van der Waals surface area contributed by atoms with Crippen LogP contribution in [-0.2, 0) is 17.6 Å². The van der Waals surface area contributed by atoms with Gasteiger partial charge in [0.25, 0.3) is 5.91 Å². The quantitative estimate of drug-likeness (QED) is 0.308. The van der Waals surface area contributed by atoms with Crippen LogP contribution in [0.1, 0.15) is 34.7 Å². The Kier molecular flexibility index (Phi) is 5.05. The number of hydroxylamine groups is 1. The van der Waals surface area contributed by atoms with Crippen LogP contribution in [0.25, 0.3) is 17.0 Å². The first kappa shape index (κ1) is 17.5. The van der Waals surface area contributed by atoms with Crippen LogP contribution in [0.15, 0.2) is 54.7 Å². The molecular weight excluding hydrogens is 338 g/mol. The van der Waals surface area contributed by atoms with Gasteiger partial charge in [0.2, 0.25) is 0 Å². The molecule has 0 saturated heterocycles. The minimum absolute atomic E-state index is 0.379. The van der Waals surface area contributed by atoms with Gasteiger partial charge in [-0.05, 0) is 60.2 Å². The molecule has 1 atom stereocenters. The zero-order valence-electron chi connectivity index (χ0n) is 15.0. The molecule has 138 valence electrons. The fraction of sp³-hybridized carbons (Fsp3) is 0.227. The van der Waals surface area contributed by atoms with Gasteiger partial charge in [0, 0.05) is 29.2 Å². The van der Waals surface area contributed by atoms with Crippen LogP contribution >= 0.6 is 0 Å². The maximum absolute atomic E-state index is 11.1. The fourth-order valence-corrected chi connectivity index (χ4v) is 3.88. The summed E-state index contributed by atoms with van der Waals surface area (Å²) in [4.78, 5) is 14.4. The van der Waals surface area contributed by atoms with E-state index in [9.17, 15) is 4.79 Å². The molecule has 0 fully saturated rings. The summed E-state index contributed by atoms with van der Waals surface area (Å²) in [5.41, 5.74) is 7.78. The smallest absolute Gasteiger partial charge is 0.267 e. The molecule has 0 spiro atoms. The summed E-state index contributed by atoms with van der Waals surface area (Å²) in [6.07, 6.45) is 8.27. The monoisotopic (exact) mass is 361 g/mol. The number of fused-ring (bicyclic) bond motifs is 2. The topological polar surface area (TPSA) is 77.2 Å². The van der Waals surface area contributed by atoms with E-state index in [0.717, 1.165) is 31.4 Å². The van der Waals surface area contributed by atoms with Crippen LogP contribution < -0.4 is 10.8 Å². The van der Waals surface area contributed by atoms with E-state index >= 15 is 0 Å². The number of benzene rings is 2. The fourth-order valence-electron chi connectivity index (χ4n) is 3.88. The first-order valence-corrected chi connectivity index (χ1v) is 9.28. The van der Waals surface area contributed by atoms with Crippen molar-refractivity contribution in [2.24, 2.45) is 0 Å². The largest absolute Gasteiger partial charge is 0.361 e. The SMILES string of the molecule is O=C(C=Cc1ccc2c(c1)CC[C@H]2NCCc1c[nH]c2ccccc12)NO. The number of hydrogen-bond acceptors (Lipinski definition) is 3. The molecule has 27 heavy (non-hydrogen) atoms. The van der Waals surface area contributed by atoms with Crippen molar-refractivity contribution < 1.29 is 10.0 Å². The van der Waals surface area contributed by atoms with Crippen LogP contribution in [0.4, 0.5) is 0 Å². The van der Waals surface area contributed by atoms with Crippen molar-refractivity contribution >= 4 is 22.9 Å². The Bertz CT molecular complexity index is 990. The highest BCUT2D eigenvalue weighted by Gasteiger charge is 2.21. The van der Waals surface area contributed by atoms with Crippen molar-refractivity contribution in [3.05, 3.63) is 77.0 Å². The first-order valence-electron chi connectivity index (χ1n) is 9.28. The molecule has 0 saturated carbocycles. The molecule has 5 heteroatoms. The molecule has 5 nitrogen and oxygen atoms in total. The van der Waals surface area contributed by atoms with Crippen LogP contribution in [-0.4, -0.2) is 22.6 Å². The third kappa shape index (κ3) is 3.79. The Morgan fingerprint density at radius 3 is 3.04 bits per heavy atom. The van der Waals surface area contributed by atoms with Gasteiger partial charge in [0.05, 0.1) is 0 Å². The summed E-state index contributed by atoms with van der Waals surface area (Å²) >= 11 is 0. The summed E-state index contributed by atoms with van der Waals surface area (Å²) in [6, 6.07) is 15.1. The number of rotatable bonds is 6. The van der Waals surface area contributed by atoms with E-state index in [0.29, 0.717) is 6.04 Å². The van der Waals surface area contributed by atoms with Gasteiger partial charge in [-0.3, -0.25) is 10.0 Å². The number of H-pyrrole nitrogens is 1. The Balaban J connectivity index is 1.38. The van der Waals surface area contributed by atoms with Crippen molar-refractivity contribution in [1.29, 1.82) is 0 Å². The molecule has 3 aromatic rings. The highest BCUT2D eigenvalue weighted by atomic mass is 16.5. The second-order valence-electron chi connectivity index (χ2n) is 6.92. The lowest BCUT2D eigenvalue weighted by Gasteiger charge is -2.14. The van der Waals surface area contributed by atoms with E-state index in [-0.39, 0.29) is 0 Å². The number of carbonyl (C=O) groups excluding carboxylic acids is 1. The second-order valence-corrected chi connectivity index (χ2v) is 6.92. The first-order chi connectivity index (χ1) is 13.2. The van der Waals surface area contributed by atoms with E-state index in [1.165, 1.54) is 33.7 Å². The van der Waals surface area contributed by atoms with Gasteiger partial charge in [-0.25, -0.2) is 5.48 Å². The van der Waals surface area contributed by atoms with Crippen LogP contribution in [0, 0.1) is 0 Å². The molecular formula is C22H23N3O2. The number of hydrogen-bond donors (Lipinski definition) is 4. The lowest BCUT2D eigenvalue weighted by atomic mass is 10.0. The zero-order chi connectivity index (χ0) is 18.6. The lowest BCUT2D eigenvalue weighted by molar-refractivity contribution is -0.124. The number of amides is 1. The summed E-state index contributed by atoms with van der Waals surface area (Å²) in [5.74, 6) is -0.521. The predicted molar refractivity (Wildman–Crippen MR) is 106 cm³/mol. The summed E-state index contributed by atoms with van der Waals surface area (Å²) in [5, 5.41) is 13.5. The summed E-state index contributed by atoms with van der Waals surface area (Å²) in [6.45, 7) is 0.935. The van der Waals surface area contributed by atoms with E-state index in [1.807, 2.05) is 6.07 Å². The molecule has 0 aliphatic heterocycles. The van der Waals surface area contributed by atoms with Crippen LogP contribution in [0.3, 0.4) is 0 Å². The number of aromatic nitrogens is 1. The highest BCUT2D eigenvalue weighted by molar-refractivity contribution is 5.90. The normalized spacial score (nSPS) is 16.1. The van der Waals surface area contributed by atoms with Gasteiger partial charge >= 0.3 is 0 Å². The Morgan fingerprint density at radius 1 is 1.26 bits per heavy atom. The van der Waals surface area contributed by atoms with Crippen molar-refractivity contribution in [1.82, 2.24) is 15.8 Å². The molecule has 1 aliphatic carbocycles. The average Bonchev–Trinajstić information content (AvgIpc) is 3.30. The maximum atomic E-state index is 11.1. The number of aromatic amines is 1. The third-order valence-corrected chi connectivity index (χ3v) is 5.24. The molecule has 0 radical (unpaired) electrons. The van der Waals surface area contributed by atoms with Gasteiger partial charge in [0.15, 0.2) is 0 Å². The minimum atomic E-state index is -0.521. The molecule has 4 N–H and O–H groups in total. The summed E-state index contributed by atoms with van der Waals surface area (Å²) in [7, 11) is 0. The van der Waals surface area contributed by atoms with E-state index < -0.39 is 5.91 Å². The Hall–Kier alpha value is -2.89. The van der Waals surface area contributed by atoms with Crippen LogP contribution in [0.5, 0.6) is 0 Å². The Labute approximate surface area is 158 Å². The number of aryl methyl sites for hydroxylation is 1.